The summed E-state index contributed by atoms with van der Waals surface area (Å²) >= 11 is 0. The van der Waals surface area contributed by atoms with Crippen LogP contribution in [0.15, 0.2) is 42.7 Å². The molecule has 4 heteroatoms. The first-order chi connectivity index (χ1) is 8.29. The monoisotopic (exact) mass is 231 g/mol. The lowest BCUT2D eigenvalue weighted by atomic mass is 10.2. The Balaban J connectivity index is 2.04. The van der Waals surface area contributed by atoms with Gasteiger partial charge in [-0.2, -0.15) is 0 Å². The van der Waals surface area contributed by atoms with E-state index in [0.717, 1.165) is 11.1 Å². The molecule has 0 saturated heterocycles. The molecule has 17 heavy (non-hydrogen) atoms. The third kappa shape index (κ3) is 3.01. The van der Waals surface area contributed by atoms with Crippen molar-refractivity contribution in [3.8, 4) is 0 Å². The highest BCUT2D eigenvalue weighted by atomic mass is 19.1. The van der Waals surface area contributed by atoms with Crippen molar-refractivity contribution in [2.24, 2.45) is 5.73 Å². The van der Waals surface area contributed by atoms with E-state index in [1.807, 2.05) is 18.2 Å². The van der Waals surface area contributed by atoms with E-state index < -0.39 is 0 Å². The second-order valence-electron chi connectivity index (χ2n) is 3.73. The molecule has 0 unspecified atom stereocenters. The Kier molecular flexibility index (Phi) is 3.67. The van der Waals surface area contributed by atoms with Crippen molar-refractivity contribution in [1.29, 1.82) is 0 Å². The number of aromatic nitrogens is 1. The Morgan fingerprint density at radius 3 is 2.53 bits per heavy atom. The van der Waals surface area contributed by atoms with Gasteiger partial charge in [-0.15, -0.1) is 0 Å². The molecule has 1 heterocycles. The van der Waals surface area contributed by atoms with Gasteiger partial charge in [-0.3, -0.25) is 4.98 Å². The van der Waals surface area contributed by atoms with Gasteiger partial charge in [0.25, 0.3) is 0 Å². The van der Waals surface area contributed by atoms with Gasteiger partial charge in [0.05, 0.1) is 5.69 Å². The molecule has 0 aliphatic carbocycles. The fraction of sp³-hybridized carbons (Fsp3) is 0.154. The van der Waals surface area contributed by atoms with Gasteiger partial charge in [0, 0.05) is 25.5 Å². The van der Waals surface area contributed by atoms with Gasteiger partial charge in [-0.05, 0) is 35.4 Å². The number of nitrogens with two attached hydrogens (primary N) is 1. The fourth-order valence-electron chi connectivity index (χ4n) is 1.53. The van der Waals surface area contributed by atoms with Gasteiger partial charge >= 0.3 is 0 Å². The summed E-state index contributed by atoms with van der Waals surface area (Å²) in [6.07, 6.45) is 3.43. The van der Waals surface area contributed by atoms with E-state index in [1.54, 1.807) is 18.5 Å². The number of rotatable bonds is 4. The van der Waals surface area contributed by atoms with Crippen molar-refractivity contribution in [2.75, 3.05) is 5.32 Å². The van der Waals surface area contributed by atoms with Crippen molar-refractivity contribution in [2.45, 2.75) is 13.1 Å². The van der Waals surface area contributed by atoms with Crippen LogP contribution in [0.2, 0.25) is 0 Å². The minimum atomic E-state index is -0.276. The van der Waals surface area contributed by atoms with E-state index in [4.69, 9.17) is 5.73 Å². The topological polar surface area (TPSA) is 50.9 Å². The first-order valence-electron chi connectivity index (χ1n) is 5.41. The molecular weight excluding hydrogens is 217 g/mol. The predicted molar refractivity (Wildman–Crippen MR) is 65.9 cm³/mol. The lowest BCUT2D eigenvalue weighted by Gasteiger charge is -2.08. The number of halogens is 1. The lowest BCUT2D eigenvalue weighted by molar-refractivity contribution is 0.628. The van der Waals surface area contributed by atoms with Gasteiger partial charge in [-0.25, -0.2) is 4.39 Å². The second-order valence-corrected chi connectivity index (χ2v) is 3.73. The van der Waals surface area contributed by atoms with E-state index in [0.29, 0.717) is 18.8 Å². The zero-order chi connectivity index (χ0) is 12.1. The number of hydrogen-bond acceptors (Lipinski definition) is 3. The van der Waals surface area contributed by atoms with Gasteiger partial charge < -0.3 is 11.1 Å². The predicted octanol–water partition coefficient (Wildman–Crippen LogP) is 2.29. The highest BCUT2D eigenvalue weighted by Crippen LogP contribution is 2.16. The Bertz CT molecular complexity index is 485. The molecule has 0 amide bonds. The molecule has 88 valence electrons. The van der Waals surface area contributed by atoms with Crippen LogP contribution in [-0.4, -0.2) is 4.98 Å². The molecule has 0 fully saturated rings. The van der Waals surface area contributed by atoms with Crippen LogP contribution < -0.4 is 11.1 Å². The number of nitrogens with one attached hydrogen (secondary N) is 1. The van der Waals surface area contributed by atoms with Crippen molar-refractivity contribution in [1.82, 2.24) is 4.98 Å². The van der Waals surface area contributed by atoms with Crippen molar-refractivity contribution in [3.05, 3.63) is 59.7 Å². The summed E-state index contributed by atoms with van der Waals surface area (Å²) in [7, 11) is 0. The molecule has 0 spiro atoms. The third-order valence-electron chi connectivity index (χ3n) is 2.50. The third-order valence-corrected chi connectivity index (χ3v) is 2.50. The number of benzene rings is 1. The summed E-state index contributed by atoms with van der Waals surface area (Å²) < 4.78 is 13.6. The SMILES string of the molecule is NCc1ccc(NCc2ccncc2)c(F)c1. The van der Waals surface area contributed by atoms with Crippen molar-refractivity contribution in [3.63, 3.8) is 0 Å². The van der Waals surface area contributed by atoms with Gasteiger partial charge in [0.1, 0.15) is 5.82 Å². The maximum absolute atomic E-state index is 13.6. The molecule has 0 bridgehead atoms. The number of pyridine rings is 1. The zero-order valence-corrected chi connectivity index (χ0v) is 9.36. The van der Waals surface area contributed by atoms with Gasteiger partial charge in [0.15, 0.2) is 0 Å². The van der Waals surface area contributed by atoms with Gasteiger partial charge in [-0.1, -0.05) is 6.07 Å². The fourth-order valence-corrected chi connectivity index (χ4v) is 1.53. The van der Waals surface area contributed by atoms with Crippen LogP contribution in [0, 0.1) is 5.82 Å². The lowest BCUT2D eigenvalue weighted by Crippen LogP contribution is -2.03. The molecule has 2 rings (SSSR count). The first kappa shape index (κ1) is 11.5. The second kappa shape index (κ2) is 5.41. The Morgan fingerprint density at radius 2 is 1.88 bits per heavy atom. The largest absolute Gasteiger partial charge is 0.379 e. The van der Waals surface area contributed by atoms with Crippen LogP contribution in [-0.2, 0) is 13.1 Å². The Morgan fingerprint density at radius 1 is 1.12 bits per heavy atom. The summed E-state index contributed by atoms with van der Waals surface area (Å²) in [5.74, 6) is -0.276. The molecule has 1 aromatic heterocycles. The van der Waals surface area contributed by atoms with Gasteiger partial charge in [0.2, 0.25) is 0 Å². The summed E-state index contributed by atoms with van der Waals surface area (Å²) in [6.45, 7) is 0.920. The van der Waals surface area contributed by atoms with E-state index in [-0.39, 0.29) is 5.82 Å². The van der Waals surface area contributed by atoms with Crippen LogP contribution >= 0.6 is 0 Å². The summed E-state index contributed by atoms with van der Waals surface area (Å²) in [5.41, 5.74) is 7.77. The standard InChI is InChI=1S/C13H14FN3/c14-12-7-11(8-15)1-2-13(12)17-9-10-3-5-16-6-4-10/h1-7,17H,8-9,15H2. The highest BCUT2D eigenvalue weighted by molar-refractivity contribution is 5.46. The van der Waals surface area contributed by atoms with Crippen LogP contribution in [0.3, 0.4) is 0 Å². The molecule has 0 aliphatic heterocycles. The molecule has 0 aliphatic rings. The average molecular weight is 231 g/mol. The summed E-state index contributed by atoms with van der Waals surface area (Å²) in [4.78, 5) is 3.92. The molecule has 0 atom stereocenters. The van der Waals surface area contributed by atoms with Crippen LogP contribution in [0.1, 0.15) is 11.1 Å². The number of nitrogens with zero attached hydrogens (tertiary/aromatic N) is 1. The van der Waals surface area contributed by atoms with Crippen molar-refractivity contribution < 1.29 is 4.39 Å². The molecule has 2 aromatic rings. The first-order valence-corrected chi connectivity index (χ1v) is 5.41. The van der Waals surface area contributed by atoms with Crippen LogP contribution in [0.4, 0.5) is 10.1 Å². The Hall–Kier alpha value is -1.94. The highest BCUT2D eigenvalue weighted by Gasteiger charge is 2.02. The minimum Gasteiger partial charge on any atom is -0.379 e. The number of hydrogen-bond donors (Lipinski definition) is 2. The maximum atomic E-state index is 13.6. The van der Waals surface area contributed by atoms with E-state index in [2.05, 4.69) is 10.3 Å². The molecule has 0 radical (unpaired) electrons. The average Bonchev–Trinajstić information content (AvgIpc) is 2.38. The minimum absolute atomic E-state index is 0.276. The molecular formula is C13H14FN3. The summed E-state index contributed by atoms with van der Waals surface area (Å²) in [5, 5.41) is 3.04. The van der Waals surface area contributed by atoms with E-state index in [1.165, 1.54) is 6.07 Å². The van der Waals surface area contributed by atoms with Crippen LogP contribution in [0.25, 0.3) is 0 Å². The smallest absolute Gasteiger partial charge is 0.146 e. The molecule has 3 N–H and O–H groups in total. The van der Waals surface area contributed by atoms with E-state index >= 15 is 0 Å². The molecule has 1 aromatic carbocycles. The zero-order valence-electron chi connectivity index (χ0n) is 9.36. The van der Waals surface area contributed by atoms with Crippen LogP contribution in [0.5, 0.6) is 0 Å². The van der Waals surface area contributed by atoms with E-state index in [9.17, 15) is 4.39 Å². The quantitative estimate of drug-likeness (QED) is 0.848. The normalized spacial score (nSPS) is 10.2. The summed E-state index contributed by atoms with van der Waals surface area (Å²) in [6, 6.07) is 8.75. The maximum Gasteiger partial charge on any atom is 0.146 e. The van der Waals surface area contributed by atoms with Crippen molar-refractivity contribution >= 4 is 5.69 Å². The Labute approximate surface area is 99.5 Å². The molecule has 3 nitrogen and oxygen atoms in total. The molecule has 0 saturated carbocycles. The number of anilines is 1.